The van der Waals surface area contributed by atoms with Gasteiger partial charge >= 0.3 is 0 Å². The van der Waals surface area contributed by atoms with Crippen molar-refractivity contribution in [1.29, 1.82) is 5.41 Å². The van der Waals surface area contributed by atoms with Gasteiger partial charge in [0.25, 0.3) is 0 Å². The van der Waals surface area contributed by atoms with Gasteiger partial charge in [-0.15, -0.1) is 0 Å². The van der Waals surface area contributed by atoms with Crippen LogP contribution < -0.4 is 19.9 Å². The van der Waals surface area contributed by atoms with Crippen LogP contribution in [0.25, 0.3) is 0 Å². The first kappa shape index (κ1) is 17.0. The number of amidine groups is 1. The largest absolute Gasteiger partial charge is 0.497 e. The van der Waals surface area contributed by atoms with Gasteiger partial charge in [0, 0.05) is 25.5 Å². The Morgan fingerprint density at radius 1 is 1.04 bits per heavy atom. The highest BCUT2D eigenvalue weighted by atomic mass is 16.5. The average molecular weight is 362 g/mol. The van der Waals surface area contributed by atoms with Crippen molar-refractivity contribution >= 4 is 23.1 Å². The van der Waals surface area contributed by atoms with Crippen LogP contribution in [0, 0.1) is 5.41 Å². The number of hydrogen-bond donors (Lipinski definition) is 2. The van der Waals surface area contributed by atoms with Crippen molar-refractivity contribution in [2.75, 3.05) is 36.3 Å². The summed E-state index contributed by atoms with van der Waals surface area (Å²) in [5.41, 5.74) is 3.81. The molecule has 0 fully saturated rings. The van der Waals surface area contributed by atoms with Crippen LogP contribution in [0.2, 0.25) is 0 Å². The molecular formula is C21H22N4O2. The molecule has 0 bridgehead atoms. The zero-order valence-electron chi connectivity index (χ0n) is 15.6. The maximum atomic E-state index is 8.77. The van der Waals surface area contributed by atoms with Gasteiger partial charge in [-0.3, -0.25) is 5.41 Å². The molecule has 6 heteroatoms. The van der Waals surface area contributed by atoms with Crippen molar-refractivity contribution in [3.63, 3.8) is 0 Å². The smallest absolute Gasteiger partial charge is 0.205 e. The molecule has 0 amide bonds. The molecule has 27 heavy (non-hydrogen) atoms. The van der Waals surface area contributed by atoms with Crippen molar-refractivity contribution in [3.8, 4) is 5.75 Å². The molecule has 0 spiro atoms. The van der Waals surface area contributed by atoms with E-state index in [-0.39, 0.29) is 6.17 Å². The number of furan rings is 1. The highest BCUT2D eigenvalue weighted by Crippen LogP contribution is 2.37. The predicted molar refractivity (Wildman–Crippen MR) is 108 cm³/mol. The number of hydrogen-bond acceptors (Lipinski definition) is 5. The Bertz CT molecular complexity index is 945. The summed E-state index contributed by atoms with van der Waals surface area (Å²) < 4.78 is 10.8. The monoisotopic (exact) mass is 362 g/mol. The summed E-state index contributed by atoms with van der Waals surface area (Å²) in [6, 6.07) is 17.8. The minimum atomic E-state index is -0.257. The SMILES string of the molecule is COc1ccc(C2Nc3occc3C(=N)N2c2ccc(N(C)C)cc2)cc1. The molecule has 4 rings (SSSR count). The minimum absolute atomic E-state index is 0.257. The van der Waals surface area contributed by atoms with E-state index in [0.717, 1.165) is 28.3 Å². The number of anilines is 3. The van der Waals surface area contributed by atoms with E-state index in [1.54, 1.807) is 13.4 Å². The molecule has 1 atom stereocenters. The zero-order valence-corrected chi connectivity index (χ0v) is 15.6. The second-order valence-electron chi connectivity index (χ2n) is 6.61. The van der Waals surface area contributed by atoms with Crippen molar-refractivity contribution in [1.82, 2.24) is 0 Å². The fourth-order valence-corrected chi connectivity index (χ4v) is 3.26. The summed E-state index contributed by atoms with van der Waals surface area (Å²) in [7, 11) is 5.67. The van der Waals surface area contributed by atoms with E-state index in [0.29, 0.717) is 11.7 Å². The number of nitrogens with zero attached hydrogens (tertiary/aromatic N) is 2. The lowest BCUT2D eigenvalue weighted by molar-refractivity contribution is 0.414. The fraction of sp³-hybridized carbons (Fsp3) is 0.190. The number of rotatable bonds is 4. The van der Waals surface area contributed by atoms with E-state index in [2.05, 4.69) is 22.3 Å². The average Bonchev–Trinajstić information content (AvgIpc) is 3.17. The third-order valence-corrected chi connectivity index (χ3v) is 4.76. The Morgan fingerprint density at radius 3 is 2.37 bits per heavy atom. The molecule has 1 aliphatic heterocycles. The van der Waals surface area contributed by atoms with Gasteiger partial charge < -0.3 is 24.3 Å². The van der Waals surface area contributed by atoms with Crippen LogP contribution in [-0.2, 0) is 0 Å². The summed E-state index contributed by atoms with van der Waals surface area (Å²) in [6.45, 7) is 0. The first-order chi connectivity index (χ1) is 13.1. The molecule has 2 aromatic carbocycles. The predicted octanol–water partition coefficient (Wildman–Crippen LogP) is 4.31. The number of benzene rings is 2. The summed E-state index contributed by atoms with van der Waals surface area (Å²) in [6.07, 6.45) is 1.35. The van der Waals surface area contributed by atoms with E-state index < -0.39 is 0 Å². The van der Waals surface area contributed by atoms with Gasteiger partial charge in [-0.25, -0.2) is 0 Å². The highest BCUT2D eigenvalue weighted by molar-refractivity contribution is 6.13. The maximum absolute atomic E-state index is 8.77. The summed E-state index contributed by atoms with van der Waals surface area (Å²) >= 11 is 0. The van der Waals surface area contributed by atoms with Crippen molar-refractivity contribution in [2.24, 2.45) is 0 Å². The Labute approximate surface area is 158 Å². The van der Waals surface area contributed by atoms with Gasteiger partial charge in [-0.1, -0.05) is 12.1 Å². The fourth-order valence-electron chi connectivity index (χ4n) is 3.26. The minimum Gasteiger partial charge on any atom is -0.497 e. The molecule has 0 saturated heterocycles. The summed E-state index contributed by atoms with van der Waals surface area (Å²) in [5, 5.41) is 12.2. The van der Waals surface area contributed by atoms with Gasteiger partial charge in [0.15, 0.2) is 0 Å². The van der Waals surface area contributed by atoms with Gasteiger partial charge in [-0.05, 0) is 48.0 Å². The van der Waals surface area contributed by atoms with Crippen LogP contribution in [0.15, 0.2) is 65.3 Å². The molecule has 1 unspecified atom stereocenters. The van der Waals surface area contributed by atoms with E-state index in [9.17, 15) is 0 Å². The topological polar surface area (TPSA) is 64.7 Å². The molecule has 1 aromatic heterocycles. The van der Waals surface area contributed by atoms with E-state index in [1.807, 2.05) is 61.5 Å². The Hall–Kier alpha value is -3.41. The standard InChI is InChI=1S/C21H22N4O2/c1-24(2)15-6-8-16(9-7-15)25-19(22)18-12-13-27-21(18)23-20(25)14-4-10-17(26-3)11-5-14/h4-13,20,22-23H,1-3H3. The number of ether oxygens (including phenoxy) is 1. The van der Waals surface area contributed by atoms with Crippen LogP contribution in [0.4, 0.5) is 17.3 Å². The second-order valence-corrected chi connectivity index (χ2v) is 6.61. The van der Waals surface area contributed by atoms with Crippen LogP contribution in [0.5, 0.6) is 5.75 Å². The lowest BCUT2D eigenvalue weighted by Gasteiger charge is -2.38. The van der Waals surface area contributed by atoms with Crippen LogP contribution in [0.3, 0.4) is 0 Å². The molecule has 6 nitrogen and oxygen atoms in total. The maximum Gasteiger partial charge on any atom is 0.205 e. The van der Waals surface area contributed by atoms with Crippen molar-refractivity contribution in [2.45, 2.75) is 6.17 Å². The zero-order chi connectivity index (χ0) is 19.0. The van der Waals surface area contributed by atoms with Crippen molar-refractivity contribution in [3.05, 3.63) is 72.0 Å². The number of methoxy groups -OCH3 is 1. The summed E-state index contributed by atoms with van der Waals surface area (Å²) in [5.74, 6) is 1.81. The molecule has 3 aromatic rings. The lowest BCUT2D eigenvalue weighted by atomic mass is 10.1. The lowest BCUT2D eigenvalue weighted by Crippen LogP contribution is -2.42. The normalized spacial score (nSPS) is 15.9. The third-order valence-electron chi connectivity index (χ3n) is 4.76. The van der Waals surface area contributed by atoms with E-state index in [1.165, 1.54) is 0 Å². The summed E-state index contributed by atoms with van der Waals surface area (Å²) in [4.78, 5) is 4.03. The molecule has 0 saturated carbocycles. The Morgan fingerprint density at radius 2 is 1.74 bits per heavy atom. The third kappa shape index (κ3) is 2.99. The van der Waals surface area contributed by atoms with Gasteiger partial charge in [-0.2, -0.15) is 0 Å². The van der Waals surface area contributed by atoms with Gasteiger partial charge in [0.2, 0.25) is 5.88 Å². The van der Waals surface area contributed by atoms with Crippen molar-refractivity contribution < 1.29 is 9.15 Å². The second kappa shape index (κ2) is 6.72. The van der Waals surface area contributed by atoms with Gasteiger partial charge in [0.1, 0.15) is 17.8 Å². The van der Waals surface area contributed by atoms with E-state index >= 15 is 0 Å². The number of nitrogens with one attached hydrogen (secondary N) is 2. The molecule has 1 aliphatic rings. The Kier molecular flexibility index (Phi) is 4.24. The quantitative estimate of drug-likeness (QED) is 0.724. The van der Waals surface area contributed by atoms with Crippen LogP contribution in [0.1, 0.15) is 17.3 Å². The Balaban J connectivity index is 1.77. The van der Waals surface area contributed by atoms with Crippen LogP contribution >= 0.6 is 0 Å². The first-order valence-corrected chi connectivity index (χ1v) is 8.72. The first-order valence-electron chi connectivity index (χ1n) is 8.72. The van der Waals surface area contributed by atoms with Crippen LogP contribution in [-0.4, -0.2) is 27.0 Å². The number of fused-ring (bicyclic) bond motifs is 1. The molecule has 0 aliphatic carbocycles. The highest BCUT2D eigenvalue weighted by Gasteiger charge is 2.33. The van der Waals surface area contributed by atoms with Gasteiger partial charge in [0.05, 0.1) is 18.9 Å². The molecule has 138 valence electrons. The molecule has 0 radical (unpaired) electrons. The molecule has 2 heterocycles. The molecular weight excluding hydrogens is 340 g/mol. The molecule has 2 N–H and O–H groups in total. The van der Waals surface area contributed by atoms with E-state index in [4.69, 9.17) is 14.6 Å².